The molecule has 1 heterocycles. The number of benzene rings is 2. The molecule has 0 spiro atoms. The summed E-state index contributed by atoms with van der Waals surface area (Å²) in [5, 5.41) is 0. The molecule has 1 atom stereocenters. The number of amides is 2. The van der Waals surface area contributed by atoms with E-state index in [2.05, 4.69) is 28.1 Å². The molecule has 29 heavy (non-hydrogen) atoms. The molecule has 2 fully saturated rings. The number of nitrogens with zero attached hydrogens (tertiary/aromatic N) is 2. The zero-order valence-electron chi connectivity index (χ0n) is 16.6. The van der Waals surface area contributed by atoms with Crippen LogP contribution in [0.1, 0.15) is 49.3 Å². The molecule has 5 heteroatoms. The molecule has 1 aliphatic carbocycles. The second-order valence-corrected chi connectivity index (χ2v) is 8.95. The van der Waals surface area contributed by atoms with Gasteiger partial charge >= 0.3 is 0 Å². The molecule has 2 amide bonds. The van der Waals surface area contributed by atoms with Crippen molar-refractivity contribution in [3.63, 3.8) is 0 Å². The Balaban J connectivity index is 1.62. The molecule has 0 aromatic heterocycles. The van der Waals surface area contributed by atoms with Crippen molar-refractivity contribution in [2.75, 3.05) is 13.1 Å². The van der Waals surface area contributed by atoms with Crippen LogP contribution in [-0.4, -0.2) is 40.7 Å². The van der Waals surface area contributed by atoms with Gasteiger partial charge in [0.15, 0.2) is 0 Å². The Kier molecular flexibility index (Phi) is 6.34. The van der Waals surface area contributed by atoms with Crippen molar-refractivity contribution >= 4 is 27.7 Å². The summed E-state index contributed by atoms with van der Waals surface area (Å²) in [6.45, 7) is 0.757. The van der Waals surface area contributed by atoms with Gasteiger partial charge in [-0.3, -0.25) is 9.59 Å². The van der Waals surface area contributed by atoms with Crippen LogP contribution in [-0.2, 0) is 16.0 Å². The minimum Gasteiger partial charge on any atom is -0.328 e. The van der Waals surface area contributed by atoms with Gasteiger partial charge in [0.05, 0.1) is 0 Å². The molecule has 0 N–H and O–H groups in total. The number of carbonyl (C=O) groups excluding carboxylic acids is 2. The van der Waals surface area contributed by atoms with Gasteiger partial charge in [-0.1, -0.05) is 77.7 Å². The zero-order valence-corrected chi connectivity index (χ0v) is 18.2. The highest BCUT2D eigenvalue weighted by atomic mass is 79.9. The van der Waals surface area contributed by atoms with Crippen molar-refractivity contribution in [2.24, 2.45) is 0 Å². The van der Waals surface area contributed by atoms with E-state index < -0.39 is 6.04 Å². The van der Waals surface area contributed by atoms with E-state index in [1.807, 2.05) is 47.4 Å². The van der Waals surface area contributed by atoms with Crippen LogP contribution in [0, 0.1) is 0 Å². The molecule has 0 bridgehead atoms. The minimum absolute atomic E-state index is 0.0519. The lowest BCUT2D eigenvalue weighted by Gasteiger charge is -2.44. The highest BCUT2D eigenvalue weighted by Crippen LogP contribution is 2.33. The Morgan fingerprint density at radius 3 is 2.41 bits per heavy atom. The van der Waals surface area contributed by atoms with Gasteiger partial charge in [-0.05, 0) is 42.5 Å². The van der Waals surface area contributed by atoms with E-state index >= 15 is 0 Å². The normalized spacial score (nSPS) is 20.9. The molecule has 4 nitrogen and oxygen atoms in total. The maximum absolute atomic E-state index is 13.6. The van der Waals surface area contributed by atoms with Crippen LogP contribution in [0.15, 0.2) is 59.1 Å². The summed E-state index contributed by atoms with van der Waals surface area (Å²) in [6, 6.07) is 17.6. The first-order valence-electron chi connectivity index (χ1n) is 10.5. The van der Waals surface area contributed by atoms with Crippen LogP contribution >= 0.6 is 15.9 Å². The number of carbonyl (C=O) groups is 2. The number of hydrogen-bond donors (Lipinski definition) is 0. The van der Waals surface area contributed by atoms with Gasteiger partial charge in [0.25, 0.3) is 5.91 Å². The third-order valence-corrected chi connectivity index (χ3v) is 6.61. The molecule has 2 aromatic carbocycles. The summed E-state index contributed by atoms with van der Waals surface area (Å²) in [5.74, 6) is 0.124. The van der Waals surface area contributed by atoms with Gasteiger partial charge in [0, 0.05) is 17.1 Å². The summed E-state index contributed by atoms with van der Waals surface area (Å²) in [5.41, 5.74) is 2.06. The van der Waals surface area contributed by atoms with Gasteiger partial charge in [0.1, 0.15) is 12.6 Å². The van der Waals surface area contributed by atoms with Gasteiger partial charge in [0.2, 0.25) is 5.91 Å². The van der Waals surface area contributed by atoms with Crippen molar-refractivity contribution < 1.29 is 9.59 Å². The van der Waals surface area contributed by atoms with Crippen LogP contribution in [0.4, 0.5) is 0 Å². The minimum atomic E-state index is -0.542. The second kappa shape index (κ2) is 9.12. The lowest BCUT2D eigenvalue weighted by molar-refractivity contribution is -0.159. The lowest BCUT2D eigenvalue weighted by Crippen LogP contribution is -2.58. The van der Waals surface area contributed by atoms with Gasteiger partial charge in [-0.15, -0.1) is 0 Å². The molecule has 1 unspecified atom stereocenters. The molecule has 2 aliphatic rings. The van der Waals surface area contributed by atoms with E-state index in [0.29, 0.717) is 6.54 Å². The van der Waals surface area contributed by atoms with E-state index in [4.69, 9.17) is 0 Å². The molecule has 4 rings (SSSR count). The Morgan fingerprint density at radius 1 is 0.931 bits per heavy atom. The lowest BCUT2D eigenvalue weighted by atomic mass is 9.91. The first-order valence-corrected chi connectivity index (χ1v) is 11.3. The molecule has 152 valence electrons. The second-order valence-electron chi connectivity index (χ2n) is 8.04. The fourth-order valence-electron chi connectivity index (χ4n) is 4.60. The number of piperazine rings is 1. The predicted molar refractivity (Wildman–Crippen MR) is 117 cm³/mol. The van der Waals surface area contributed by atoms with Gasteiger partial charge in [-0.2, -0.15) is 0 Å². The Bertz CT molecular complexity index is 864. The van der Waals surface area contributed by atoms with E-state index in [0.717, 1.165) is 42.1 Å². The van der Waals surface area contributed by atoms with Crippen molar-refractivity contribution in [2.45, 2.75) is 50.6 Å². The Hall–Kier alpha value is -2.14. The van der Waals surface area contributed by atoms with E-state index in [1.165, 1.54) is 12.0 Å². The smallest absolute Gasteiger partial charge is 0.250 e. The Morgan fingerprint density at radius 2 is 1.69 bits per heavy atom. The van der Waals surface area contributed by atoms with Gasteiger partial charge < -0.3 is 9.80 Å². The third kappa shape index (κ3) is 4.55. The Labute approximate surface area is 181 Å². The van der Waals surface area contributed by atoms with Crippen LogP contribution in [0.3, 0.4) is 0 Å². The summed E-state index contributed by atoms with van der Waals surface area (Å²) < 4.78 is 0.924. The van der Waals surface area contributed by atoms with Crippen LogP contribution in [0.25, 0.3) is 0 Å². The molecular formula is C24H27BrN2O2. The molecule has 2 aromatic rings. The summed E-state index contributed by atoms with van der Waals surface area (Å²) >= 11 is 3.52. The zero-order chi connectivity index (χ0) is 20.2. The molecule has 1 saturated carbocycles. The van der Waals surface area contributed by atoms with Crippen LogP contribution in [0.5, 0.6) is 0 Å². The average molecular weight is 455 g/mol. The topological polar surface area (TPSA) is 40.6 Å². The highest BCUT2D eigenvalue weighted by molar-refractivity contribution is 9.10. The summed E-state index contributed by atoms with van der Waals surface area (Å²) in [7, 11) is 0. The van der Waals surface area contributed by atoms with E-state index in [9.17, 15) is 9.59 Å². The molecule has 1 aliphatic heterocycles. The average Bonchev–Trinajstić information content (AvgIpc) is 2.75. The SMILES string of the molecule is O=C1C(c2cccc(Br)c2)N(CCc2ccccc2)C(=O)CN1C1CCCCC1. The summed E-state index contributed by atoms with van der Waals surface area (Å²) in [6.07, 6.45) is 6.27. The van der Waals surface area contributed by atoms with Crippen molar-refractivity contribution in [3.05, 3.63) is 70.2 Å². The monoisotopic (exact) mass is 454 g/mol. The van der Waals surface area contributed by atoms with Gasteiger partial charge in [-0.25, -0.2) is 0 Å². The van der Waals surface area contributed by atoms with E-state index in [1.54, 1.807) is 4.90 Å². The summed E-state index contributed by atoms with van der Waals surface area (Å²) in [4.78, 5) is 30.5. The number of hydrogen-bond acceptors (Lipinski definition) is 2. The van der Waals surface area contributed by atoms with Crippen molar-refractivity contribution in [3.8, 4) is 0 Å². The first kappa shape index (κ1) is 20.1. The molecular weight excluding hydrogens is 428 g/mol. The van der Waals surface area contributed by atoms with Crippen LogP contribution in [0.2, 0.25) is 0 Å². The maximum Gasteiger partial charge on any atom is 0.250 e. The predicted octanol–water partition coefficient (Wildman–Crippen LogP) is 4.74. The third-order valence-electron chi connectivity index (χ3n) is 6.12. The van der Waals surface area contributed by atoms with E-state index in [-0.39, 0.29) is 24.4 Å². The van der Waals surface area contributed by atoms with Crippen molar-refractivity contribution in [1.29, 1.82) is 0 Å². The maximum atomic E-state index is 13.6. The first-order chi connectivity index (χ1) is 14.1. The highest BCUT2D eigenvalue weighted by Gasteiger charge is 2.42. The number of rotatable bonds is 5. The molecule has 0 radical (unpaired) electrons. The largest absolute Gasteiger partial charge is 0.328 e. The quantitative estimate of drug-likeness (QED) is 0.654. The number of halogens is 1. The van der Waals surface area contributed by atoms with Crippen LogP contribution < -0.4 is 0 Å². The fourth-order valence-corrected chi connectivity index (χ4v) is 5.01. The fraction of sp³-hybridized carbons (Fsp3) is 0.417. The standard InChI is InChI=1S/C24H27BrN2O2/c25-20-11-7-10-19(16-20)23-24(29)27(21-12-5-2-6-13-21)17-22(28)26(23)15-14-18-8-3-1-4-9-18/h1,3-4,7-11,16,21,23H,2,5-6,12-15,17H2. The molecule has 1 saturated heterocycles. The van der Waals surface area contributed by atoms with Crippen molar-refractivity contribution in [1.82, 2.24) is 9.80 Å².